The van der Waals surface area contributed by atoms with Crippen molar-refractivity contribution in [1.29, 1.82) is 0 Å². The number of hydrogen-bond acceptors (Lipinski definition) is 4. The summed E-state index contributed by atoms with van der Waals surface area (Å²) in [4.78, 5) is 0. The number of aromatic nitrogens is 2. The minimum atomic E-state index is 0.587. The van der Waals surface area contributed by atoms with Gasteiger partial charge in [0.2, 0.25) is 0 Å². The van der Waals surface area contributed by atoms with Crippen LogP contribution in [-0.2, 0) is 6.42 Å². The molecule has 0 radical (unpaired) electrons. The summed E-state index contributed by atoms with van der Waals surface area (Å²) in [6.07, 6.45) is 3.15. The fourth-order valence-electron chi connectivity index (χ4n) is 1.29. The minimum absolute atomic E-state index is 0.587. The predicted molar refractivity (Wildman–Crippen MR) is 56.0 cm³/mol. The van der Waals surface area contributed by atoms with Gasteiger partial charge in [-0.3, -0.25) is 0 Å². The number of rotatable bonds is 5. The molecule has 1 aromatic heterocycles. The summed E-state index contributed by atoms with van der Waals surface area (Å²) >= 11 is 1.71. The highest BCUT2D eigenvalue weighted by atomic mass is 32.1. The molecule has 1 aromatic rings. The first-order valence-electron chi connectivity index (χ1n) is 4.84. The van der Waals surface area contributed by atoms with Crippen LogP contribution in [0.4, 0.5) is 0 Å². The molecule has 0 aromatic carbocycles. The average Bonchev–Trinajstić information content (AvgIpc) is 2.56. The van der Waals surface area contributed by atoms with Gasteiger partial charge in [-0.15, -0.1) is 21.5 Å². The van der Waals surface area contributed by atoms with Crippen molar-refractivity contribution < 1.29 is 0 Å². The molecule has 1 rings (SSSR count). The van der Waals surface area contributed by atoms with Gasteiger partial charge in [0.1, 0.15) is 10.0 Å². The molecule has 1 heterocycles. The van der Waals surface area contributed by atoms with Crippen LogP contribution in [0.5, 0.6) is 0 Å². The van der Waals surface area contributed by atoms with Crippen LogP contribution in [0.1, 0.15) is 42.6 Å². The highest BCUT2D eigenvalue weighted by molar-refractivity contribution is 7.11. The summed E-state index contributed by atoms with van der Waals surface area (Å²) in [6, 6.07) is 0. The predicted octanol–water partition coefficient (Wildman–Crippen LogP) is 1.94. The highest BCUT2D eigenvalue weighted by Gasteiger charge is 2.12. The van der Waals surface area contributed by atoms with Gasteiger partial charge in [-0.25, -0.2) is 0 Å². The first kappa shape index (κ1) is 10.6. The molecule has 0 aliphatic heterocycles. The molecule has 0 aliphatic rings. The Hall–Kier alpha value is -0.480. The molecule has 0 spiro atoms. The zero-order chi connectivity index (χ0) is 9.68. The van der Waals surface area contributed by atoms with E-state index in [1.807, 2.05) is 0 Å². The fourth-order valence-corrected chi connectivity index (χ4v) is 2.42. The molecule has 3 nitrogen and oxygen atoms in total. The lowest BCUT2D eigenvalue weighted by molar-refractivity contribution is 0.629. The molecule has 4 heteroatoms. The summed E-state index contributed by atoms with van der Waals surface area (Å²) < 4.78 is 0. The third kappa shape index (κ3) is 2.74. The standard InChI is InChI=1S/C9H17N3S/c1-3-7(4-2)9-12-11-8(13-9)5-6-10/h7H,3-6,10H2,1-2H3. The van der Waals surface area contributed by atoms with E-state index in [1.54, 1.807) is 11.3 Å². The Bertz CT molecular complexity index is 243. The Labute approximate surface area is 83.4 Å². The molecule has 13 heavy (non-hydrogen) atoms. The van der Waals surface area contributed by atoms with Gasteiger partial charge in [-0.05, 0) is 19.4 Å². The van der Waals surface area contributed by atoms with Gasteiger partial charge < -0.3 is 5.73 Å². The molecule has 0 unspecified atom stereocenters. The summed E-state index contributed by atoms with van der Waals surface area (Å²) in [5.41, 5.74) is 5.45. The van der Waals surface area contributed by atoms with Gasteiger partial charge in [0, 0.05) is 12.3 Å². The van der Waals surface area contributed by atoms with Crippen LogP contribution in [0.3, 0.4) is 0 Å². The first-order chi connectivity index (χ1) is 6.31. The quantitative estimate of drug-likeness (QED) is 0.788. The van der Waals surface area contributed by atoms with Crippen molar-refractivity contribution in [2.75, 3.05) is 6.54 Å². The first-order valence-corrected chi connectivity index (χ1v) is 5.65. The number of nitrogens with zero attached hydrogens (tertiary/aromatic N) is 2. The van der Waals surface area contributed by atoms with Gasteiger partial charge in [0.25, 0.3) is 0 Å². The maximum absolute atomic E-state index is 5.45. The Morgan fingerprint density at radius 3 is 2.54 bits per heavy atom. The van der Waals surface area contributed by atoms with Gasteiger partial charge in [-0.1, -0.05) is 13.8 Å². The molecule has 0 saturated heterocycles. The number of hydrogen-bond donors (Lipinski definition) is 1. The normalized spacial score (nSPS) is 11.1. The summed E-state index contributed by atoms with van der Waals surface area (Å²) in [5, 5.41) is 10.5. The zero-order valence-corrected chi connectivity index (χ0v) is 9.10. The zero-order valence-electron chi connectivity index (χ0n) is 8.29. The molecule has 0 aliphatic carbocycles. The topological polar surface area (TPSA) is 51.8 Å². The lowest BCUT2D eigenvalue weighted by Crippen LogP contribution is -2.01. The highest BCUT2D eigenvalue weighted by Crippen LogP contribution is 2.25. The van der Waals surface area contributed by atoms with Crippen LogP contribution in [0.2, 0.25) is 0 Å². The fraction of sp³-hybridized carbons (Fsp3) is 0.778. The van der Waals surface area contributed by atoms with Crippen molar-refractivity contribution in [2.24, 2.45) is 5.73 Å². The van der Waals surface area contributed by atoms with E-state index in [0.29, 0.717) is 12.5 Å². The lowest BCUT2D eigenvalue weighted by Gasteiger charge is -2.05. The second-order valence-electron chi connectivity index (χ2n) is 3.09. The third-order valence-corrected chi connectivity index (χ3v) is 3.32. The van der Waals surface area contributed by atoms with E-state index in [-0.39, 0.29) is 0 Å². The van der Waals surface area contributed by atoms with Crippen molar-refractivity contribution >= 4 is 11.3 Å². The van der Waals surface area contributed by atoms with Gasteiger partial charge >= 0.3 is 0 Å². The summed E-state index contributed by atoms with van der Waals surface area (Å²) in [7, 11) is 0. The van der Waals surface area contributed by atoms with Crippen molar-refractivity contribution in [3.63, 3.8) is 0 Å². The maximum Gasteiger partial charge on any atom is 0.120 e. The summed E-state index contributed by atoms with van der Waals surface area (Å²) in [5.74, 6) is 0.587. The smallest absolute Gasteiger partial charge is 0.120 e. The molecular formula is C9H17N3S. The van der Waals surface area contributed by atoms with Crippen molar-refractivity contribution in [1.82, 2.24) is 10.2 Å². The van der Waals surface area contributed by atoms with Crippen molar-refractivity contribution in [3.8, 4) is 0 Å². The van der Waals surface area contributed by atoms with Gasteiger partial charge in [0.15, 0.2) is 0 Å². The molecule has 0 saturated carbocycles. The second-order valence-corrected chi connectivity index (χ2v) is 4.18. The van der Waals surface area contributed by atoms with Gasteiger partial charge in [0.05, 0.1) is 0 Å². The molecule has 74 valence electrons. The maximum atomic E-state index is 5.45. The second kappa shape index (κ2) is 5.29. The van der Waals surface area contributed by atoms with Crippen LogP contribution in [-0.4, -0.2) is 16.7 Å². The van der Waals surface area contributed by atoms with E-state index in [9.17, 15) is 0 Å². The number of nitrogens with two attached hydrogens (primary N) is 1. The molecule has 0 bridgehead atoms. The molecule has 0 atom stereocenters. The molecule has 2 N–H and O–H groups in total. The lowest BCUT2D eigenvalue weighted by atomic mass is 10.1. The van der Waals surface area contributed by atoms with E-state index in [2.05, 4.69) is 24.0 Å². The van der Waals surface area contributed by atoms with E-state index in [0.717, 1.165) is 24.3 Å². The van der Waals surface area contributed by atoms with Crippen LogP contribution in [0.15, 0.2) is 0 Å². The Morgan fingerprint density at radius 2 is 2.00 bits per heavy atom. The van der Waals surface area contributed by atoms with E-state index in [4.69, 9.17) is 5.73 Å². The summed E-state index contributed by atoms with van der Waals surface area (Å²) in [6.45, 7) is 5.05. The van der Waals surface area contributed by atoms with Crippen LogP contribution >= 0.6 is 11.3 Å². The minimum Gasteiger partial charge on any atom is -0.330 e. The van der Waals surface area contributed by atoms with Crippen LogP contribution < -0.4 is 5.73 Å². The van der Waals surface area contributed by atoms with Crippen molar-refractivity contribution in [3.05, 3.63) is 10.0 Å². The monoisotopic (exact) mass is 199 g/mol. The molecular weight excluding hydrogens is 182 g/mol. The van der Waals surface area contributed by atoms with Crippen LogP contribution in [0, 0.1) is 0 Å². The van der Waals surface area contributed by atoms with Crippen LogP contribution in [0.25, 0.3) is 0 Å². The average molecular weight is 199 g/mol. The van der Waals surface area contributed by atoms with E-state index < -0.39 is 0 Å². The third-order valence-electron chi connectivity index (χ3n) is 2.18. The largest absolute Gasteiger partial charge is 0.330 e. The molecule has 0 fully saturated rings. The Kier molecular flexibility index (Phi) is 4.32. The van der Waals surface area contributed by atoms with Gasteiger partial charge in [-0.2, -0.15) is 0 Å². The SMILES string of the molecule is CCC(CC)c1nnc(CCN)s1. The van der Waals surface area contributed by atoms with E-state index >= 15 is 0 Å². The Balaban J connectivity index is 2.66. The van der Waals surface area contributed by atoms with Crippen molar-refractivity contribution in [2.45, 2.75) is 39.0 Å². The molecule has 0 amide bonds. The Morgan fingerprint density at radius 1 is 1.31 bits per heavy atom. The van der Waals surface area contributed by atoms with E-state index in [1.165, 1.54) is 5.01 Å².